The maximum Gasteiger partial charge on any atom is 0.335 e. The molecule has 1 spiro atoms. The van der Waals surface area contributed by atoms with Crippen LogP contribution in [-0.4, -0.2) is 34.4 Å². The molecule has 2 heterocycles. The van der Waals surface area contributed by atoms with E-state index in [-0.39, 0.29) is 12.2 Å². The summed E-state index contributed by atoms with van der Waals surface area (Å²) in [6.45, 7) is 0.882. The summed E-state index contributed by atoms with van der Waals surface area (Å²) >= 11 is 0. The smallest absolute Gasteiger partial charge is 0.335 e. The van der Waals surface area contributed by atoms with Crippen LogP contribution in [0, 0.1) is 0 Å². The third-order valence-electron chi connectivity index (χ3n) is 3.54. The Hall–Kier alpha value is -2.60. The lowest BCUT2D eigenvalue weighted by molar-refractivity contribution is -0.283. The highest BCUT2D eigenvalue weighted by molar-refractivity contribution is 5.93. The van der Waals surface area contributed by atoms with Crippen molar-refractivity contribution in [2.75, 3.05) is 6.54 Å². The Morgan fingerprint density at radius 3 is 2.32 bits per heavy atom. The number of carbonyl (C=O) groups excluding carboxylic acids is 2. The number of phenols is 1. The minimum atomic E-state index is -1.43. The van der Waals surface area contributed by atoms with Crippen LogP contribution in [0.15, 0.2) is 48.6 Å². The summed E-state index contributed by atoms with van der Waals surface area (Å²) in [4.78, 5) is 25.2. The van der Waals surface area contributed by atoms with E-state index in [0.717, 1.165) is 17.7 Å². The first kappa shape index (κ1) is 14.3. The lowest BCUT2D eigenvalue weighted by atomic mass is 10.1. The zero-order valence-electron chi connectivity index (χ0n) is 11.8. The van der Waals surface area contributed by atoms with E-state index in [1.54, 1.807) is 29.2 Å². The molecule has 6 nitrogen and oxygen atoms in total. The predicted molar refractivity (Wildman–Crippen MR) is 76.3 cm³/mol. The van der Waals surface area contributed by atoms with Gasteiger partial charge in [-0.15, -0.1) is 0 Å². The molecule has 6 heteroatoms. The molecule has 2 aliphatic heterocycles. The number of aromatic hydroxyl groups is 1. The van der Waals surface area contributed by atoms with E-state index >= 15 is 0 Å². The SMILES string of the molecule is O=C1C=CC(=O)OC2(CC=CCN2Cc2ccc(O)cc2)O1. The molecule has 3 rings (SSSR count). The Labute approximate surface area is 127 Å². The maximum absolute atomic E-state index is 11.7. The maximum atomic E-state index is 11.7. The molecule has 0 unspecified atom stereocenters. The van der Waals surface area contributed by atoms with Gasteiger partial charge in [0, 0.05) is 25.2 Å². The Bertz CT molecular complexity index is 627. The fourth-order valence-corrected chi connectivity index (χ4v) is 2.46. The summed E-state index contributed by atoms with van der Waals surface area (Å²) in [6, 6.07) is 6.68. The first-order valence-electron chi connectivity index (χ1n) is 6.89. The number of rotatable bonds is 2. The molecule has 1 N–H and O–H groups in total. The van der Waals surface area contributed by atoms with E-state index in [4.69, 9.17) is 9.47 Å². The Morgan fingerprint density at radius 1 is 1.05 bits per heavy atom. The molecule has 1 aromatic carbocycles. The highest BCUT2D eigenvalue weighted by atomic mass is 16.8. The van der Waals surface area contributed by atoms with Crippen molar-refractivity contribution in [3.63, 3.8) is 0 Å². The lowest BCUT2D eigenvalue weighted by Crippen LogP contribution is -2.55. The van der Waals surface area contributed by atoms with Gasteiger partial charge in [-0.2, -0.15) is 0 Å². The van der Waals surface area contributed by atoms with Crippen molar-refractivity contribution in [2.24, 2.45) is 0 Å². The molecule has 0 saturated heterocycles. The molecule has 0 bridgehead atoms. The summed E-state index contributed by atoms with van der Waals surface area (Å²) in [7, 11) is 0. The van der Waals surface area contributed by atoms with E-state index < -0.39 is 17.8 Å². The van der Waals surface area contributed by atoms with Crippen LogP contribution < -0.4 is 0 Å². The minimum Gasteiger partial charge on any atom is -0.508 e. The average molecular weight is 301 g/mol. The third kappa shape index (κ3) is 2.87. The second kappa shape index (κ2) is 5.65. The van der Waals surface area contributed by atoms with Crippen LogP contribution in [0.4, 0.5) is 0 Å². The highest BCUT2D eigenvalue weighted by Crippen LogP contribution is 2.31. The number of esters is 2. The second-order valence-electron chi connectivity index (χ2n) is 5.11. The predicted octanol–water partition coefficient (Wildman–Crippen LogP) is 1.46. The number of ether oxygens (including phenoxy) is 2. The Kier molecular flexibility index (Phi) is 3.68. The first-order chi connectivity index (χ1) is 10.6. The van der Waals surface area contributed by atoms with Gasteiger partial charge < -0.3 is 14.6 Å². The number of benzene rings is 1. The molecule has 22 heavy (non-hydrogen) atoms. The van der Waals surface area contributed by atoms with Crippen molar-refractivity contribution >= 4 is 11.9 Å². The normalized spacial score (nSPS) is 20.5. The second-order valence-corrected chi connectivity index (χ2v) is 5.11. The first-order valence-corrected chi connectivity index (χ1v) is 6.89. The van der Waals surface area contributed by atoms with Gasteiger partial charge in [0.05, 0.1) is 6.42 Å². The molecule has 0 saturated carbocycles. The van der Waals surface area contributed by atoms with Crippen molar-refractivity contribution < 1.29 is 24.2 Å². The number of hydrogen-bond donors (Lipinski definition) is 1. The molecular weight excluding hydrogens is 286 g/mol. The van der Waals surface area contributed by atoms with Crippen LogP contribution in [0.2, 0.25) is 0 Å². The molecule has 0 aliphatic carbocycles. The number of hydrogen-bond acceptors (Lipinski definition) is 6. The van der Waals surface area contributed by atoms with Crippen LogP contribution in [0.3, 0.4) is 0 Å². The van der Waals surface area contributed by atoms with Gasteiger partial charge in [0.25, 0.3) is 0 Å². The van der Waals surface area contributed by atoms with Gasteiger partial charge in [-0.3, -0.25) is 0 Å². The van der Waals surface area contributed by atoms with Crippen molar-refractivity contribution in [1.82, 2.24) is 4.90 Å². The van der Waals surface area contributed by atoms with E-state index in [2.05, 4.69) is 0 Å². The van der Waals surface area contributed by atoms with Crippen molar-refractivity contribution in [2.45, 2.75) is 18.9 Å². The largest absolute Gasteiger partial charge is 0.508 e. The van der Waals surface area contributed by atoms with Gasteiger partial charge in [0.1, 0.15) is 5.75 Å². The van der Waals surface area contributed by atoms with E-state index in [9.17, 15) is 14.7 Å². The number of phenolic OH excluding ortho intramolecular Hbond substituents is 1. The van der Waals surface area contributed by atoms with E-state index in [1.807, 2.05) is 12.2 Å². The molecule has 114 valence electrons. The molecular formula is C16H15NO5. The number of carbonyl (C=O) groups is 2. The summed E-state index contributed by atoms with van der Waals surface area (Å²) in [5, 5.41) is 9.34. The Balaban J connectivity index is 1.87. The zero-order valence-corrected chi connectivity index (χ0v) is 11.8. The monoisotopic (exact) mass is 301 g/mol. The minimum absolute atomic E-state index is 0.175. The molecule has 1 aromatic rings. The summed E-state index contributed by atoms with van der Waals surface area (Å²) in [6.07, 6.45) is 6.14. The standard InChI is InChI=1S/C16H15NO5/c18-13-5-3-12(4-6-13)11-17-10-2-1-9-16(17)21-14(19)7-8-15(20)22-16/h1-8,18H,9-11H2. The topological polar surface area (TPSA) is 76.1 Å². The van der Waals surface area contributed by atoms with Crippen LogP contribution in [0.5, 0.6) is 5.75 Å². The van der Waals surface area contributed by atoms with Crippen LogP contribution in [0.1, 0.15) is 12.0 Å². The molecule has 0 fully saturated rings. The summed E-state index contributed by atoms with van der Waals surface area (Å²) in [5.41, 5.74) is 0.900. The quantitative estimate of drug-likeness (QED) is 0.658. The summed E-state index contributed by atoms with van der Waals surface area (Å²) < 4.78 is 10.8. The lowest BCUT2D eigenvalue weighted by Gasteiger charge is -2.41. The van der Waals surface area contributed by atoms with Gasteiger partial charge in [-0.25, -0.2) is 14.5 Å². The molecule has 0 radical (unpaired) electrons. The average Bonchev–Trinajstić information content (AvgIpc) is 2.63. The van der Waals surface area contributed by atoms with E-state index in [1.165, 1.54) is 0 Å². The van der Waals surface area contributed by atoms with Crippen molar-refractivity contribution in [1.29, 1.82) is 0 Å². The molecule has 0 amide bonds. The highest BCUT2D eigenvalue weighted by Gasteiger charge is 2.45. The molecule has 0 atom stereocenters. The summed E-state index contributed by atoms with van der Waals surface area (Å²) in [5.74, 6) is -2.48. The third-order valence-corrected chi connectivity index (χ3v) is 3.54. The van der Waals surface area contributed by atoms with Gasteiger partial charge in [-0.1, -0.05) is 24.3 Å². The number of nitrogens with zero attached hydrogens (tertiary/aromatic N) is 1. The molecule has 2 aliphatic rings. The Morgan fingerprint density at radius 2 is 1.68 bits per heavy atom. The van der Waals surface area contributed by atoms with Crippen molar-refractivity contribution in [3.05, 3.63) is 54.1 Å². The van der Waals surface area contributed by atoms with Crippen LogP contribution >= 0.6 is 0 Å². The van der Waals surface area contributed by atoms with Crippen LogP contribution in [-0.2, 0) is 25.6 Å². The van der Waals surface area contributed by atoms with Gasteiger partial charge in [-0.05, 0) is 17.7 Å². The van der Waals surface area contributed by atoms with Gasteiger partial charge in [0.15, 0.2) is 0 Å². The fraction of sp³-hybridized carbons (Fsp3) is 0.250. The van der Waals surface area contributed by atoms with Crippen LogP contribution in [0.25, 0.3) is 0 Å². The zero-order chi connectivity index (χ0) is 15.6. The van der Waals surface area contributed by atoms with E-state index in [0.29, 0.717) is 13.1 Å². The fourth-order valence-electron chi connectivity index (χ4n) is 2.46. The van der Waals surface area contributed by atoms with Gasteiger partial charge >= 0.3 is 17.8 Å². The van der Waals surface area contributed by atoms with Crippen molar-refractivity contribution in [3.8, 4) is 5.75 Å². The molecule has 0 aromatic heterocycles. The van der Waals surface area contributed by atoms with Gasteiger partial charge in [0.2, 0.25) is 0 Å².